The maximum atomic E-state index is 11.9. The Morgan fingerprint density at radius 3 is 2.42 bits per heavy atom. The smallest absolute Gasteiger partial charge is 0.289 e. The van der Waals surface area contributed by atoms with Crippen LogP contribution in [0.15, 0.2) is 27.7 Å². The molecule has 0 aromatic carbocycles. The second-order valence-electron chi connectivity index (χ2n) is 2.03. The third-order valence-corrected chi connectivity index (χ3v) is 1.76. The van der Waals surface area contributed by atoms with Gasteiger partial charge in [-0.05, 0) is 15.9 Å². The lowest BCUT2D eigenvalue weighted by molar-refractivity contribution is -0.204. The van der Waals surface area contributed by atoms with Crippen molar-refractivity contribution in [1.82, 2.24) is 4.57 Å². The molecule has 0 radical (unpaired) electrons. The summed E-state index contributed by atoms with van der Waals surface area (Å²) >= 11 is 2.71. The van der Waals surface area contributed by atoms with Crippen LogP contribution in [-0.4, -0.2) is 4.57 Å². The van der Waals surface area contributed by atoms with E-state index in [1.165, 1.54) is 0 Å². The molecule has 0 unspecified atom stereocenters. The highest BCUT2D eigenvalue weighted by Crippen LogP contribution is 2.21. The lowest BCUT2D eigenvalue weighted by Gasteiger charge is -2.09. The molecule has 1 aromatic heterocycles. The number of halogens is 4. The molecule has 0 saturated carbocycles. The van der Waals surface area contributed by atoms with Crippen LogP contribution in [0.3, 0.4) is 0 Å². The van der Waals surface area contributed by atoms with Crippen molar-refractivity contribution in [1.29, 1.82) is 0 Å². The number of rotatable bonds is 0. The normalized spacial score (nSPS) is 11.7. The monoisotopic (exact) mass is 241 g/mol. The second kappa shape index (κ2) is 2.93. The molecule has 0 bridgehead atoms. The first-order valence-corrected chi connectivity index (χ1v) is 3.65. The van der Waals surface area contributed by atoms with Gasteiger partial charge in [-0.25, -0.2) is 0 Å². The number of pyridine rings is 1. The summed E-state index contributed by atoms with van der Waals surface area (Å²) in [6, 6.07) is 0.845. The topological polar surface area (TPSA) is 22.0 Å². The van der Waals surface area contributed by atoms with E-state index < -0.39 is 11.7 Å². The van der Waals surface area contributed by atoms with E-state index in [-0.39, 0.29) is 9.04 Å². The molecular formula is C6H3BrF3NO. The van der Waals surface area contributed by atoms with Crippen LogP contribution in [0.4, 0.5) is 13.2 Å². The van der Waals surface area contributed by atoms with E-state index in [1.807, 2.05) is 0 Å². The lowest BCUT2D eigenvalue weighted by atomic mass is 10.5. The van der Waals surface area contributed by atoms with Gasteiger partial charge in [0.2, 0.25) is 0 Å². The molecule has 0 fully saturated rings. The van der Waals surface area contributed by atoms with E-state index in [4.69, 9.17) is 0 Å². The van der Waals surface area contributed by atoms with Gasteiger partial charge in [-0.15, -0.1) is 13.2 Å². The van der Waals surface area contributed by atoms with E-state index in [0.29, 0.717) is 12.4 Å². The van der Waals surface area contributed by atoms with Crippen LogP contribution in [-0.2, 0) is 6.30 Å². The minimum absolute atomic E-state index is 0.00150. The van der Waals surface area contributed by atoms with Crippen LogP contribution in [0.25, 0.3) is 0 Å². The SMILES string of the molecule is O=c1ccn(C(F)(F)F)cc1Br. The highest BCUT2D eigenvalue weighted by Gasteiger charge is 2.29. The van der Waals surface area contributed by atoms with E-state index in [9.17, 15) is 18.0 Å². The van der Waals surface area contributed by atoms with Crippen LogP contribution in [0.2, 0.25) is 0 Å². The number of hydrogen-bond donors (Lipinski definition) is 0. The van der Waals surface area contributed by atoms with Gasteiger partial charge in [-0.2, -0.15) is 0 Å². The van der Waals surface area contributed by atoms with Crippen molar-refractivity contribution in [2.45, 2.75) is 6.30 Å². The van der Waals surface area contributed by atoms with Crippen LogP contribution in [0, 0.1) is 0 Å². The first kappa shape index (κ1) is 9.31. The Bertz CT molecular complexity index is 343. The van der Waals surface area contributed by atoms with Crippen LogP contribution in [0.1, 0.15) is 0 Å². The summed E-state index contributed by atoms with van der Waals surface area (Å²) in [4.78, 5) is 10.7. The summed E-state index contributed by atoms with van der Waals surface area (Å²) in [5.41, 5.74) is -0.476. The molecule has 0 spiro atoms. The molecule has 66 valence electrons. The molecule has 0 aliphatic rings. The second-order valence-corrected chi connectivity index (χ2v) is 2.89. The Hall–Kier alpha value is -0.780. The summed E-state index contributed by atoms with van der Waals surface area (Å²) in [5, 5.41) is 0. The van der Waals surface area contributed by atoms with Gasteiger partial charge < -0.3 is 0 Å². The molecule has 0 saturated heterocycles. The summed E-state index contributed by atoms with van der Waals surface area (Å²) in [7, 11) is 0. The minimum atomic E-state index is -4.48. The Morgan fingerprint density at radius 1 is 1.42 bits per heavy atom. The highest BCUT2D eigenvalue weighted by molar-refractivity contribution is 9.10. The van der Waals surface area contributed by atoms with Crippen LogP contribution in [0.5, 0.6) is 0 Å². The number of aromatic nitrogens is 1. The fourth-order valence-electron chi connectivity index (χ4n) is 0.614. The predicted molar refractivity (Wildman–Crippen MR) is 39.7 cm³/mol. The molecule has 1 aromatic rings. The largest absolute Gasteiger partial charge is 0.488 e. The predicted octanol–water partition coefficient (Wildman–Crippen LogP) is 2.09. The highest BCUT2D eigenvalue weighted by atomic mass is 79.9. The van der Waals surface area contributed by atoms with Crippen LogP contribution >= 0.6 is 15.9 Å². The van der Waals surface area contributed by atoms with Crippen molar-refractivity contribution < 1.29 is 13.2 Å². The number of nitrogens with zero attached hydrogens (tertiary/aromatic N) is 1. The molecule has 0 N–H and O–H groups in total. The van der Waals surface area contributed by atoms with Crippen molar-refractivity contribution in [3.8, 4) is 0 Å². The molecule has 1 heterocycles. The molecular weight excluding hydrogens is 239 g/mol. The first-order valence-electron chi connectivity index (χ1n) is 2.86. The Balaban J connectivity index is 3.23. The van der Waals surface area contributed by atoms with Crippen molar-refractivity contribution in [2.75, 3.05) is 0 Å². The maximum absolute atomic E-state index is 11.9. The molecule has 1 rings (SSSR count). The third kappa shape index (κ3) is 1.88. The van der Waals surface area contributed by atoms with Gasteiger partial charge in [0.1, 0.15) is 0 Å². The Labute approximate surface area is 73.8 Å². The van der Waals surface area contributed by atoms with Gasteiger partial charge in [0.25, 0.3) is 0 Å². The van der Waals surface area contributed by atoms with Gasteiger partial charge in [0.05, 0.1) is 4.47 Å². The average molecular weight is 242 g/mol. The molecule has 2 nitrogen and oxygen atoms in total. The lowest BCUT2D eigenvalue weighted by Crippen LogP contribution is -2.18. The fourth-order valence-corrected chi connectivity index (χ4v) is 0.967. The summed E-state index contributed by atoms with van der Waals surface area (Å²) < 4.78 is 35.7. The van der Waals surface area contributed by atoms with E-state index in [2.05, 4.69) is 15.9 Å². The van der Waals surface area contributed by atoms with Crippen molar-refractivity contribution in [3.05, 3.63) is 33.2 Å². The van der Waals surface area contributed by atoms with E-state index in [0.717, 1.165) is 6.07 Å². The minimum Gasteiger partial charge on any atom is -0.289 e. The molecule has 0 aliphatic carbocycles. The first-order chi connectivity index (χ1) is 5.41. The average Bonchev–Trinajstić information content (AvgIpc) is 1.92. The Kier molecular flexibility index (Phi) is 2.27. The van der Waals surface area contributed by atoms with E-state index in [1.54, 1.807) is 0 Å². The van der Waals surface area contributed by atoms with Gasteiger partial charge in [0, 0.05) is 18.5 Å². The molecule has 6 heteroatoms. The molecule has 0 amide bonds. The molecule has 0 aliphatic heterocycles. The Morgan fingerprint density at radius 2 is 2.00 bits per heavy atom. The van der Waals surface area contributed by atoms with Gasteiger partial charge >= 0.3 is 6.30 Å². The molecule has 12 heavy (non-hydrogen) atoms. The van der Waals surface area contributed by atoms with Crippen molar-refractivity contribution in [2.24, 2.45) is 0 Å². The summed E-state index contributed by atoms with van der Waals surface area (Å²) in [6.45, 7) is 0. The van der Waals surface area contributed by atoms with Gasteiger partial charge in [-0.1, -0.05) is 0 Å². The standard InChI is InChI=1S/C6H3BrF3NO/c7-4-3-11(6(8,9)10)2-1-5(4)12/h1-3H. The van der Waals surface area contributed by atoms with Crippen molar-refractivity contribution in [3.63, 3.8) is 0 Å². The van der Waals surface area contributed by atoms with Gasteiger partial charge in [-0.3, -0.25) is 9.36 Å². The molecule has 0 atom stereocenters. The summed E-state index contributed by atoms with van der Waals surface area (Å²) in [5.74, 6) is 0. The number of hydrogen-bond acceptors (Lipinski definition) is 1. The zero-order valence-electron chi connectivity index (χ0n) is 5.60. The van der Waals surface area contributed by atoms with Crippen LogP contribution < -0.4 is 5.43 Å². The summed E-state index contributed by atoms with van der Waals surface area (Å²) in [6.07, 6.45) is -3.12. The number of alkyl halides is 3. The zero-order valence-corrected chi connectivity index (χ0v) is 7.19. The third-order valence-electron chi connectivity index (χ3n) is 1.17. The fraction of sp³-hybridized carbons (Fsp3) is 0.167. The van der Waals surface area contributed by atoms with Crippen molar-refractivity contribution >= 4 is 15.9 Å². The quantitative estimate of drug-likeness (QED) is 0.682. The maximum Gasteiger partial charge on any atom is 0.488 e. The zero-order chi connectivity index (χ0) is 9.35. The van der Waals surface area contributed by atoms with Gasteiger partial charge in [0.15, 0.2) is 5.43 Å². The van der Waals surface area contributed by atoms with E-state index >= 15 is 0 Å².